The fraction of sp³-hybridized carbons (Fsp3) is 0.500. The van der Waals surface area contributed by atoms with Crippen molar-refractivity contribution >= 4 is 11.9 Å². The molecule has 5 nitrogen and oxygen atoms in total. The number of nitrogens with one attached hydrogen (secondary N) is 2. The van der Waals surface area contributed by atoms with Gasteiger partial charge < -0.3 is 15.5 Å². The SMILES string of the molecule is CC(C)C[C@H](NC(=O)N1CCCCCC1)C(=O)NCCC(c1ccccc1)c1ccccc1. The topological polar surface area (TPSA) is 61.4 Å². The summed E-state index contributed by atoms with van der Waals surface area (Å²) in [6.45, 7) is 6.27. The number of benzene rings is 2. The quantitative estimate of drug-likeness (QED) is 0.544. The van der Waals surface area contributed by atoms with Crippen LogP contribution in [0.5, 0.6) is 0 Å². The van der Waals surface area contributed by atoms with Crippen LogP contribution in [-0.2, 0) is 4.79 Å². The lowest BCUT2D eigenvalue weighted by atomic mass is 9.88. The molecule has 0 unspecified atom stereocenters. The highest BCUT2D eigenvalue weighted by Gasteiger charge is 2.25. The van der Waals surface area contributed by atoms with Gasteiger partial charge in [-0.15, -0.1) is 0 Å². The summed E-state index contributed by atoms with van der Waals surface area (Å²) in [6.07, 6.45) is 5.84. The van der Waals surface area contributed by atoms with Crippen LogP contribution in [0, 0.1) is 5.92 Å². The zero-order valence-electron chi connectivity index (χ0n) is 20.1. The second-order valence-corrected chi connectivity index (χ2v) is 9.49. The van der Waals surface area contributed by atoms with Gasteiger partial charge >= 0.3 is 6.03 Å². The maximum absolute atomic E-state index is 13.1. The maximum Gasteiger partial charge on any atom is 0.318 e. The van der Waals surface area contributed by atoms with Crippen molar-refractivity contribution in [3.63, 3.8) is 0 Å². The molecule has 0 saturated carbocycles. The zero-order chi connectivity index (χ0) is 23.5. The maximum atomic E-state index is 13.1. The summed E-state index contributed by atoms with van der Waals surface area (Å²) in [5.74, 6) is 0.432. The number of carbonyl (C=O) groups excluding carboxylic acids is 2. The second-order valence-electron chi connectivity index (χ2n) is 9.49. The molecule has 0 bridgehead atoms. The summed E-state index contributed by atoms with van der Waals surface area (Å²) in [7, 11) is 0. The molecular weight excluding hydrogens is 410 g/mol. The van der Waals surface area contributed by atoms with Crippen molar-refractivity contribution in [3.8, 4) is 0 Å². The molecule has 0 spiro atoms. The smallest absolute Gasteiger partial charge is 0.318 e. The van der Waals surface area contributed by atoms with Gasteiger partial charge in [0.25, 0.3) is 0 Å². The van der Waals surface area contributed by atoms with Crippen LogP contribution in [0.4, 0.5) is 4.79 Å². The molecule has 3 rings (SSSR count). The molecule has 2 N–H and O–H groups in total. The molecule has 5 heteroatoms. The molecule has 1 aliphatic heterocycles. The van der Waals surface area contributed by atoms with E-state index in [1.165, 1.54) is 24.0 Å². The minimum atomic E-state index is -0.507. The van der Waals surface area contributed by atoms with E-state index >= 15 is 0 Å². The fourth-order valence-corrected chi connectivity index (χ4v) is 4.58. The fourth-order valence-electron chi connectivity index (χ4n) is 4.58. The second kappa shape index (κ2) is 13.0. The van der Waals surface area contributed by atoms with Gasteiger partial charge in [0.2, 0.25) is 5.91 Å². The first-order valence-corrected chi connectivity index (χ1v) is 12.5. The van der Waals surface area contributed by atoms with E-state index in [1.807, 2.05) is 17.0 Å². The first-order chi connectivity index (χ1) is 16.0. The van der Waals surface area contributed by atoms with Gasteiger partial charge in [0, 0.05) is 25.6 Å². The summed E-state index contributed by atoms with van der Waals surface area (Å²) in [5, 5.41) is 6.13. The number of rotatable bonds is 9. The Morgan fingerprint density at radius 1 is 0.848 bits per heavy atom. The highest BCUT2D eigenvalue weighted by atomic mass is 16.2. The molecule has 1 saturated heterocycles. The van der Waals surface area contributed by atoms with Crippen molar-refractivity contribution in [1.82, 2.24) is 15.5 Å². The molecule has 0 aliphatic carbocycles. The average Bonchev–Trinajstić information content (AvgIpc) is 3.12. The summed E-state index contributed by atoms with van der Waals surface area (Å²) in [5.41, 5.74) is 2.48. The normalized spacial score (nSPS) is 15.2. The van der Waals surface area contributed by atoms with Gasteiger partial charge in [0.1, 0.15) is 6.04 Å². The Kier molecular flexibility index (Phi) is 9.79. The lowest BCUT2D eigenvalue weighted by Gasteiger charge is -2.26. The number of nitrogens with zero attached hydrogens (tertiary/aromatic N) is 1. The molecule has 178 valence electrons. The van der Waals surface area contributed by atoms with Gasteiger partial charge in [-0.2, -0.15) is 0 Å². The Balaban J connectivity index is 1.60. The Morgan fingerprint density at radius 2 is 1.39 bits per heavy atom. The molecular formula is C28H39N3O2. The van der Waals surface area contributed by atoms with Crippen LogP contribution < -0.4 is 10.6 Å². The number of hydrogen-bond donors (Lipinski definition) is 2. The van der Waals surface area contributed by atoms with Gasteiger partial charge in [-0.3, -0.25) is 4.79 Å². The van der Waals surface area contributed by atoms with Crippen molar-refractivity contribution in [1.29, 1.82) is 0 Å². The number of urea groups is 1. The highest BCUT2D eigenvalue weighted by Crippen LogP contribution is 2.27. The van der Waals surface area contributed by atoms with Crippen molar-refractivity contribution in [3.05, 3.63) is 71.8 Å². The summed E-state index contributed by atoms with van der Waals surface area (Å²) in [4.78, 5) is 27.8. The van der Waals surface area contributed by atoms with E-state index in [2.05, 4.69) is 73.0 Å². The van der Waals surface area contributed by atoms with Crippen LogP contribution in [0.3, 0.4) is 0 Å². The van der Waals surface area contributed by atoms with E-state index in [0.717, 1.165) is 32.4 Å². The predicted octanol–water partition coefficient (Wildman–Crippen LogP) is 5.33. The third-order valence-electron chi connectivity index (χ3n) is 6.35. The van der Waals surface area contributed by atoms with Crippen molar-refractivity contribution in [2.45, 2.75) is 64.3 Å². The Bertz CT molecular complexity index is 806. The highest BCUT2D eigenvalue weighted by molar-refractivity contribution is 5.87. The van der Waals surface area contributed by atoms with E-state index in [-0.39, 0.29) is 17.9 Å². The van der Waals surface area contributed by atoms with Gasteiger partial charge in [-0.05, 0) is 42.7 Å². The van der Waals surface area contributed by atoms with Gasteiger partial charge in [-0.25, -0.2) is 4.79 Å². The molecule has 33 heavy (non-hydrogen) atoms. The Hall–Kier alpha value is -2.82. The molecule has 3 amide bonds. The molecule has 1 fully saturated rings. The standard InChI is InChI=1S/C28H39N3O2/c1-22(2)21-26(30-28(33)31-19-11-3-4-12-20-31)27(32)29-18-17-25(23-13-7-5-8-14-23)24-15-9-6-10-16-24/h5-10,13-16,22,25-26H,3-4,11-12,17-21H2,1-2H3,(H,29,32)(H,30,33)/t26-/m0/s1. The average molecular weight is 450 g/mol. The summed E-state index contributed by atoms with van der Waals surface area (Å²) < 4.78 is 0. The van der Waals surface area contributed by atoms with Gasteiger partial charge in [0.05, 0.1) is 0 Å². The number of amides is 3. The number of hydrogen-bond acceptors (Lipinski definition) is 2. The van der Waals surface area contributed by atoms with Crippen LogP contribution in [0.25, 0.3) is 0 Å². The van der Waals surface area contributed by atoms with Crippen molar-refractivity contribution in [2.24, 2.45) is 5.92 Å². The molecule has 1 atom stereocenters. The third kappa shape index (κ3) is 7.92. The Morgan fingerprint density at radius 3 is 1.91 bits per heavy atom. The largest absolute Gasteiger partial charge is 0.354 e. The molecule has 2 aromatic carbocycles. The zero-order valence-corrected chi connectivity index (χ0v) is 20.1. The molecule has 1 heterocycles. The third-order valence-corrected chi connectivity index (χ3v) is 6.35. The number of carbonyl (C=O) groups is 2. The summed E-state index contributed by atoms with van der Waals surface area (Å²) >= 11 is 0. The molecule has 2 aromatic rings. The first-order valence-electron chi connectivity index (χ1n) is 12.5. The van der Waals surface area contributed by atoms with Crippen LogP contribution in [-0.4, -0.2) is 42.5 Å². The minimum Gasteiger partial charge on any atom is -0.354 e. The number of likely N-dealkylation sites (tertiary alicyclic amines) is 1. The molecule has 0 aromatic heterocycles. The van der Waals surface area contributed by atoms with Crippen LogP contribution in [0.1, 0.15) is 69.4 Å². The monoisotopic (exact) mass is 449 g/mol. The lowest BCUT2D eigenvalue weighted by molar-refractivity contribution is -0.123. The predicted molar refractivity (Wildman–Crippen MR) is 134 cm³/mol. The van der Waals surface area contributed by atoms with Crippen LogP contribution in [0.15, 0.2) is 60.7 Å². The molecule has 1 aliphatic rings. The van der Waals surface area contributed by atoms with Crippen LogP contribution in [0.2, 0.25) is 0 Å². The van der Waals surface area contributed by atoms with E-state index in [9.17, 15) is 9.59 Å². The Labute approximate surface area is 199 Å². The lowest BCUT2D eigenvalue weighted by Crippen LogP contribution is -2.52. The van der Waals surface area contributed by atoms with Crippen molar-refractivity contribution in [2.75, 3.05) is 19.6 Å². The summed E-state index contributed by atoms with van der Waals surface area (Å²) in [6, 6.07) is 20.2. The van der Waals surface area contributed by atoms with E-state index < -0.39 is 6.04 Å². The van der Waals surface area contributed by atoms with Crippen molar-refractivity contribution < 1.29 is 9.59 Å². The van der Waals surface area contributed by atoms with Gasteiger partial charge in [-0.1, -0.05) is 87.4 Å². The molecule has 0 radical (unpaired) electrons. The van der Waals surface area contributed by atoms with E-state index in [4.69, 9.17) is 0 Å². The minimum absolute atomic E-state index is 0.0910. The first kappa shape index (κ1) is 24.8. The van der Waals surface area contributed by atoms with E-state index in [0.29, 0.717) is 18.9 Å². The van der Waals surface area contributed by atoms with Crippen LogP contribution >= 0.6 is 0 Å². The van der Waals surface area contributed by atoms with E-state index in [1.54, 1.807) is 0 Å². The van der Waals surface area contributed by atoms with Gasteiger partial charge in [0.15, 0.2) is 0 Å².